The first-order valence-electron chi connectivity index (χ1n) is 3.39. The number of carbonyl (C=O) groups is 1. The number of pyridine rings is 1. The van der Waals surface area contributed by atoms with E-state index in [-0.39, 0.29) is 12.1 Å². The molecule has 0 bridgehead atoms. The van der Waals surface area contributed by atoms with E-state index in [1.165, 1.54) is 16.8 Å². The molecule has 0 aliphatic heterocycles. The average molecular weight is 167 g/mol. The Morgan fingerprint density at radius 3 is 2.92 bits per heavy atom. The molecule has 0 atom stereocenters. The molecule has 5 nitrogen and oxygen atoms in total. The van der Waals surface area contributed by atoms with Gasteiger partial charge in [-0.2, -0.15) is 0 Å². The zero-order chi connectivity index (χ0) is 8.97. The number of hydrazine groups is 1. The molecule has 64 valence electrons. The zero-order valence-corrected chi connectivity index (χ0v) is 6.36. The Hall–Kier alpha value is -1.62. The van der Waals surface area contributed by atoms with Gasteiger partial charge in [0.25, 0.3) is 11.5 Å². The fourth-order valence-corrected chi connectivity index (χ4v) is 0.792. The van der Waals surface area contributed by atoms with Crippen LogP contribution in [0.2, 0.25) is 0 Å². The Morgan fingerprint density at radius 2 is 2.33 bits per heavy atom. The number of hydrogen-bond donors (Lipinski definition) is 2. The van der Waals surface area contributed by atoms with Gasteiger partial charge in [0.1, 0.15) is 6.54 Å². The minimum Gasteiger partial charge on any atom is -0.306 e. The van der Waals surface area contributed by atoms with Crippen LogP contribution in [0.3, 0.4) is 0 Å². The van der Waals surface area contributed by atoms with E-state index in [1.54, 1.807) is 12.1 Å². The molecule has 5 heteroatoms. The van der Waals surface area contributed by atoms with E-state index in [2.05, 4.69) is 0 Å². The summed E-state index contributed by atoms with van der Waals surface area (Å²) in [5.74, 6) is 4.46. The van der Waals surface area contributed by atoms with Crippen molar-refractivity contribution in [2.45, 2.75) is 6.54 Å². The van der Waals surface area contributed by atoms with E-state index in [4.69, 9.17) is 5.84 Å². The lowest BCUT2D eigenvalue weighted by Crippen LogP contribution is -2.35. The molecule has 1 amide bonds. The van der Waals surface area contributed by atoms with Gasteiger partial charge in [0, 0.05) is 12.3 Å². The van der Waals surface area contributed by atoms with Crippen LogP contribution in [0.4, 0.5) is 0 Å². The van der Waals surface area contributed by atoms with Gasteiger partial charge in [0.2, 0.25) is 0 Å². The molecule has 1 rings (SSSR count). The first-order valence-corrected chi connectivity index (χ1v) is 3.39. The van der Waals surface area contributed by atoms with Crippen LogP contribution in [-0.4, -0.2) is 10.5 Å². The van der Waals surface area contributed by atoms with Crippen molar-refractivity contribution in [3.05, 3.63) is 34.7 Å². The number of carbonyl (C=O) groups excluding carboxylic acids is 1. The molecule has 0 aromatic carbocycles. The molecule has 0 radical (unpaired) electrons. The smallest absolute Gasteiger partial charge is 0.253 e. The minimum atomic E-state index is -0.400. The van der Waals surface area contributed by atoms with Crippen LogP contribution in [-0.2, 0) is 11.3 Å². The molecule has 0 aliphatic rings. The zero-order valence-electron chi connectivity index (χ0n) is 6.36. The Morgan fingerprint density at radius 1 is 1.58 bits per heavy atom. The highest BCUT2D eigenvalue weighted by Crippen LogP contribution is 1.80. The van der Waals surface area contributed by atoms with Crippen molar-refractivity contribution in [2.75, 3.05) is 0 Å². The maximum absolute atomic E-state index is 11.0. The van der Waals surface area contributed by atoms with Gasteiger partial charge >= 0.3 is 0 Å². The van der Waals surface area contributed by atoms with Gasteiger partial charge in [-0.3, -0.25) is 15.0 Å². The van der Waals surface area contributed by atoms with Crippen LogP contribution < -0.4 is 16.8 Å². The van der Waals surface area contributed by atoms with E-state index in [1.807, 2.05) is 5.43 Å². The number of hydrogen-bond acceptors (Lipinski definition) is 3. The third-order valence-corrected chi connectivity index (χ3v) is 1.37. The highest BCUT2D eigenvalue weighted by Gasteiger charge is 1.99. The molecule has 1 aromatic rings. The van der Waals surface area contributed by atoms with E-state index < -0.39 is 5.91 Å². The second-order valence-electron chi connectivity index (χ2n) is 2.23. The fraction of sp³-hybridized carbons (Fsp3) is 0.143. The van der Waals surface area contributed by atoms with Crippen LogP contribution in [0.25, 0.3) is 0 Å². The Labute approximate surface area is 68.8 Å². The largest absolute Gasteiger partial charge is 0.306 e. The summed E-state index contributed by atoms with van der Waals surface area (Å²) in [6, 6.07) is 4.66. The molecule has 0 unspecified atom stereocenters. The molecule has 1 aromatic heterocycles. The normalized spacial score (nSPS) is 9.42. The molecule has 1 heterocycles. The summed E-state index contributed by atoms with van der Waals surface area (Å²) in [4.78, 5) is 21.8. The fourth-order valence-electron chi connectivity index (χ4n) is 0.792. The highest BCUT2D eigenvalue weighted by atomic mass is 16.2. The standard InChI is InChI=1S/C7H9N3O2/c8-9-6(11)5-10-4-2-1-3-7(10)12/h1-4H,5,8H2,(H,9,11). The third-order valence-electron chi connectivity index (χ3n) is 1.37. The quantitative estimate of drug-likeness (QED) is 0.331. The molecular weight excluding hydrogens is 158 g/mol. The van der Waals surface area contributed by atoms with Gasteiger partial charge in [0.15, 0.2) is 0 Å². The summed E-state index contributed by atoms with van der Waals surface area (Å²) >= 11 is 0. The second-order valence-corrected chi connectivity index (χ2v) is 2.23. The number of nitrogens with one attached hydrogen (secondary N) is 1. The number of nitrogens with two attached hydrogens (primary N) is 1. The molecule has 3 N–H and O–H groups in total. The van der Waals surface area contributed by atoms with Crippen molar-refractivity contribution >= 4 is 5.91 Å². The van der Waals surface area contributed by atoms with Gasteiger partial charge in [0.05, 0.1) is 0 Å². The highest BCUT2D eigenvalue weighted by molar-refractivity contribution is 5.74. The van der Waals surface area contributed by atoms with Crippen molar-refractivity contribution < 1.29 is 4.79 Å². The van der Waals surface area contributed by atoms with Gasteiger partial charge in [-0.25, -0.2) is 5.84 Å². The van der Waals surface area contributed by atoms with E-state index in [9.17, 15) is 9.59 Å². The van der Waals surface area contributed by atoms with Gasteiger partial charge in [-0.05, 0) is 6.07 Å². The van der Waals surface area contributed by atoms with E-state index in [0.29, 0.717) is 0 Å². The molecule has 0 aliphatic carbocycles. The molecule has 0 fully saturated rings. The predicted octanol–water partition coefficient (Wildman–Crippen LogP) is -1.16. The second kappa shape index (κ2) is 3.68. The summed E-state index contributed by atoms with van der Waals surface area (Å²) in [5.41, 5.74) is 1.72. The van der Waals surface area contributed by atoms with Gasteiger partial charge in [-0.15, -0.1) is 0 Å². The van der Waals surface area contributed by atoms with Crippen LogP contribution in [0.1, 0.15) is 0 Å². The monoisotopic (exact) mass is 167 g/mol. The molecule has 0 saturated heterocycles. The van der Waals surface area contributed by atoms with Crippen LogP contribution >= 0.6 is 0 Å². The summed E-state index contributed by atoms with van der Waals surface area (Å²) in [7, 11) is 0. The topological polar surface area (TPSA) is 77.1 Å². The molecule has 12 heavy (non-hydrogen) atoms. The van der Waals surface area contributed by atoms with E-state index in [0.717, 1.165) is 0 Å². The maximum atomic E-state index is 11.0. The molecule has 0 spiro atoms. The lowest BCUT2D eigenvalue weighted by Gasteiger charge is -2.01. The summed E-state index contributed by atoms with van der Waals surface area (Å²) < 4.78 is 1.27. The summed E-state index contributed by atoms with van der Waals surface area (Å²) in [5, 5.41) is 0. The van der Waals surface area contributed by atoms with Crippen molar-refractivity contribution in [3.8, 4) is 0 Å². The Bertz CT molecular complexity index is 331. The van der Waals surface area contributed by atoms with Crippen molar-refractivity contribution in [3.63, 3.8) is 0 Å². The molecule has 0 saturated carbocycles. The van der Waals surface area contributed by atoms with Crippen molar-refractivity contribution in [2.24, 2.45) is 5.84 Å². The van der Waals surface area contributed by atoms with Gasteiger partial charge in [-0.1, -0.05) is 6.07 Å². The van der Waals surface area contributed by atoms with Crippen molar-refractivity contribution in [1.29, 1.82) is 0 Å². The summed E-state index contributed by atoms with van der Waals surface area (Å²) in [6.07, 6.45) is 1.53. The van der Waals surface area contributed by atoms with Crippen LogP contribution in [0.5, 0.6) is 0 Å². The SMILES string of the molecule is NNC(=O)Cn1ccccc1=O. The van der Waals surface area contributed by atoms with E-state index >= 15 is 0 Å². The summed E-state index contributed by atoms with van der Waals surface area (Å²) in [6.45, 7) is -0.0455. The Balaban J connectivity index is 2.83. The third kappa shape index (κ3) is 1.93. The number of rotatable bonds is 2. The van der Waals surface area contributed by atoms with Crippen molar-refractivity contribution in [1.82, 2.24) is 9.99 Å². The number of nitrogens with zero attached hydrogens (tertiary/aromatic N) is 1. The lowest BCUT2D eigenvalue weighted by atomic mass is 10.4. The maximum Gasteiger partial charge on any atom is 0.253 e. The number of aromatic nitrogens is 1. The first kappa shape index (κ1) is 8.48. The molecular formula is C7H9N3O2. The number of amides is 1. The van der Waals surface area contributed by atoms with Gasteiger partial charge < -0.3 is 4.57 Å². The predicted molar refractivity (Wildman–Crippen MR) is 43.0 cm³/mol. The average Bonchev–Trinajstić information content (AvgIpc) is 2.09. The van der Waals surface area contributed by atoms with Crippen LogP contribution in [0.15, 0.2) is 29.2 Å². The Kier molecular flexibility index (Phi) is 2.60. The first-order chi connectivity index (χ1) is 5.74. The van der Waals surface area contributed by atoms with Crippen LogP contribution in [0, 0.1) is 0 Å². The lowest BCUT2D eigenvalue weighted by molar-refractivity contribution is -0.121. The minimum absolute atomic E-state index is 0.0455.